The number of halogens is 1. The summed E-state index contributed by atoms with van der Waals surface area (Å²) in [6.07, 6.45) is 1.75. The lowest BCUT2D eigenvalue weighted by Crippen LogP contribution is -1.99. The van der Waals surface area contributed by atoms with Crippen LogP contribution >= 0.6 is 11.6 Å². The van der Waals surface area contributed by atoms with Gasteiger partial charge in [-0.25, -0.2) is 0 Å². The van der Waals surface area contributed by atoms with Crippen LogP contribution < -0.4 is 10.5 Å². The predicted molar refractivity (Wildman–Crippen MR) is 78.7 cm³/mol. The first-order chi connectivity index (χ1) is 8.95. The molecule has 1 heterocycles. The number of hydrogen-bond donors (Lipinski definition) is 1. The largest absolute Gasteiger partial charge is 0.495 e. The number of anilines is 1. The monoisotopic (exact) mass is 279 g/mol. The Hall–Kier alpha value is -1.68. The summed E-state index contributed by atoms with van der Waals surface area (Å²) < 4.78 is 7.02. The first-order valence-electron chi connectivity index (χ1n) is 6.11. The molecule has 0 unspecified atom stereocenters. The first kappa shape index (κ1) is 13.7. The van der Waals surface area contributed by atoms with E-state index in [0.29, 0.717) is 16.8 Å². The lowest BCUT2D eigenvalue weighted by molar-refractivity contribution is 0.408. The van der Waals surface area contributed by atoms with E-state index in [-0.39, 0.29) is 0 Å². The van der Waals surface area contributed by atoms with Crippen molar-refractivity contribution in [3.63, 3.8) is 0 Å². The molecular formula is C14H18ClN3O. The second-order valence-electron chi connectivity index (χ2n) is 4.80. The Morgan fingerprint density at radius 3 is 2.53 bits per heavy atom. The number of nitrogen functional groups attached to an aromatic ring is 1. The van der Waals surface area contributed by atoms with Crippen molar-refractivity contribution in [1.82, 2.24) is 9.78 Å². The summed E-state index contributed by atoms with van der Waals surface area (Å²) in [6.45, 7) is 4.20. The molecule has 2 aromatic rings. The topological polar surface area (TPSA) is 53.1 Å². The van der Waals surface area contributed by atoms with E-state index < -0.39 is 0 Å². The molecular weight excluding hydrogens is 262 g/mol. The maximum atomic E-state index is 6.29. The van der Waals surface area contributed by atoms with E-state index in [9.17, 15) is 0 Å². The second-order valence-corrected chi connectivity index (χ2v) is 5.21. The van der Waals surface area contributed by atoms with E-state index in [2.05, 4.69) is 25.0 Å². The van der Waals surface area contributed by atoms with Crippen LogP contribution in [0.1, 0.15) is 25.3 Å². The van der Waals surface area contributed by atoms with Gasteiger partial charge in [0.15, 0.2) is 0 Å². The molecule has 0 spiro atoms. The quantitative estimate of drug-likeness (QED) is 0.936. The fourth-order valence-corrected chi connectivity index (χ4v) is 2.39. The Morgan fingerprint density at radius 1 is 1.37 bits per heavy atom. The van der Waals surface area contributed by atoms with Gasteiger partial charge in [-0.1, -0.05) is 25.4 Å². The van der Waals surface area contributed by atoms with Crippen LogP contribution in [0.25, 0.3) is 11.1 Å². The fraction of sp³-hybridized carbons (Fsp3) is 0.357. The summed E-state index contributed by atoms with van der Waals surface area (Å²) in [5.74, 6) is 1.66. The molecule has 0 aliphatic carbocycles. The van der Waals surface area contributed by atoms with Crippen molar-refractivity contribution >= 4 is 17.4 Å². The zero-order valence-electron chi connectivity index (χ0n) is 11.6. The number of nitrogens with zero attached hydrogens (tertiary/aromatic N) is 2. The molecule has 0 saturated carbocycles. The Kier molecular flexibility index (Phi) is 3.71. The first-order valence-corrected chi connectivity index (χ1v) is 6.48. The second kappa shape index (κ2) is 5.13. The van der Waals surface area contributed by atoms with Crippen molar-refractivity contribution in [3.05, 3.63) is 28.9 Å². The van der Waals surface area contributed by atoms with Crippen molar-refractivity contribution in [2.24, 2.45) is 7.05 Å². The number of aromatic nitrogens is 2. The highest BCUT2D eigenvalue weighted by molar-refractivity contribution is 6.32. The van der Waals surface area contributed by atoms with Gasteiger partial charge in [0.05, 0.1) is 18.3 Å². The van der Waals surface area contributed by atoms with Crippen molar-refractivity contribution in [2.45, 2.75) is 19.8 Å². The van der Waals surface area contributed by atoms with E-state index in [1.165, 1.54) is 0 Å². The maximum Gasteiger partial charge on any atom is 0.140 e. The zero-order chi connectivity index (χ0) is 14.2. The summed E-state index contributed by atoms with van der Waals surface area (Å²) in [4.78, 5) is 0. The number of nitrogens with two attached hydrogens (primary N) is 1. The Balaban J connectivity index is 2.63. The minimum atomic E-state index is 0.310. The van der Waals surface area contributed by atoms with E-state index >= 15 is 0 Å². The van der Waals surface area contributed by atoms with Crippen molar-refractivity contribution < 1.29 is 4.74 Å². The van der Waals surface area contributed by atoms with Crippen molar-refractivity contribution in [2.75, 3.05) is 12.8 Å². The highest BCUT2D eigenvalue weighted by Gasteiger charge is 2.16. The zero-order valence-corrected chi connectivity index (χ0v) is 12.3. The summed E-state index contributed by atoms with van der Waals surface area (Å²) in [5, 5.41) is 4.75. The molecule has 4 nitrogen and oxygen atoms in total. The number of methoxy groups -OCH3 is 1. The molecule has 1 aromatic heterocycles. The van der Waals surface area contributed by atoms with Crippen LogP contribution in [0, 0.1) is 0 Å². The van der Waals surface area contributed by atoms with E-state index in [1.807, 2.05) is 13.1 Å². The van der Waals surface area contributed by atoms with E-state index in [4.69, 9.17) is 22.1 Å². The molecule has 5 heteroatoms. The smallest absolute Gasteiger partial charge is 0.140 e. The van der Waals surface area contributed by atoms with Crippen LogP contribution in [0.4, 0.5) is 5.82 Å². The highest BCUT2D eigenvalue weighted by atomic mass is 35.5. The number of benzene rings is 1. The SMILES string of the molecule is COc1c(Cl)cc(-c2cnn(C)c2N)cc1C(C)C. The Bertz CT molecular complexity index is 605. The van der Waals surface area contributed by atoms with Crippen LogP contribution in [0.3, 0.4) is 0 Å². The molecule has 1 aromatic carbocycles. The molecule has 0 amide bonds. The van der Waals surface area contributed by atoms with E-state index in [0.717, 1.165) is 22.4 Å². The molecule has 2 N–H and O–H groups in total. The molecule has 0 saturated heterocycles. The lowest BCUT2D eigenvalue weighted by atomic mass is 9.97. The van der Waals surface area contributed by atoms with Crippen molar-refractivity contribution in [3.8, 4) is 16.9 Å². The normalized spacial score (nSPS) is 11.1. The van der Waals surface area contributed by atoms with Gasteiger partial charge in [-0.05, 0) is 29.2 Å². The highest BCUT2D eigenvalue weighted by Crippen LogP contribution is 2.38. The molecule has 0 aliphatic heterocycles. The molecule has 102 valence electrons. The van der Waals surface area contributed by atoms with Crippen LogP contribution in [-0.4, -0.2) is 16.9 Å². The molecule has 0 aliphatic rings. The average Bonchev–Trinajstić information content (AvgIpc) is 2.69. The third-order valence-electron chi connectivity index (χ3n) is 3.19. The molecule has 0 atom stereocenters. The number of aryl methyl sites for hydroxylation is 1. The Morgan fingerprint density at radius 2 is 2.05 bits per heavy atom. The molecule has 0 radical (unpaired) electrons. The average molecular weight is 280 g/mol. The van der Waals surface area contributed by atoms with Gasteiger partial charge in [0.1, 0.15) is 11.6 Å². The molecule has 0 fully saturated rings. The standard InChI is InChI=1S/C14H18ClN3O/c1-8(2)10-5-9(6-12(15)13(10)19-4)11-7-17-18(3)14(11)16/h5-8H,16H2,1-4H3. The number of ether oxygens (including phenoxy) is 1. The van der Waals surface area contributed by atoms with Crippen molar-refractivity contribution in [1.29, 1.82) is 0 Å². The van der Waals surface area contributed by atoms with Gasteiger partial charge in [-0.15, -0.1) is 0 Å². The number of hydrogen-bond acceptors (Lipinski definition) is 3. The Labute approximate surface area is 118 Å². The van der Waals surface area contributed by atoms with Crippen LogP contribution in [0.5, 0.6) is 5.75 Å². The lowest BCUT2D eigenvalue weighted by Gasteiger charge is -2.15. The van der Waals surface area contributed by atoms with Gasteiger partial charge >= 0.3 is 0 Å². The van der Waals surface area contributed by atoms with Gasteiger partial charge in [0.2, 0.25) is 0 Å². The maximum absolute atomic E-state index is 6.29. The summed E-state index contributed by atoms with van der Waals surface area (Å²) >= 11 is 6.29. The minimum absolute atomic E-state index is 0.310. The third kappa shape index (κ3) is 2.40. The molecule has 0 bridgehead atoms. The van der Waals surface area contributed by atoms with Crippen LogP contribution in [0.2, 0.25) is 5.02 Å². The summed E-state index contributed by atoms with van der Waals surface area (Å²) in [5.41, 5.74) is 8.91. The fourth-order valence-electron chi connectivity index (χ4n) is 2.08. The van der Waals surface area contributed by atoms with Crippen LogP contribution in [-0.2, 0) is 7.05 Å². The molecule has 2 rings (SSSR count). The van der Waals surface area contributed by atoms with Gasteiger partial charge in [0, 0.05) is 12.6 Å². The minimum Gasteiger partial charge on any atom is -0.495 e. The summed E-state index contributed by atoms with van der Waals surface area (Å²) in [6, 6.07) is 3.92. The molecule has 19 heavy (non-hydrogen) atoms. The van der Waals surface area contributed by atoms with Crippen LogP contribution in [0.15, 0.2) is 18.3 Å². The van der Waals surface area contributed by atoms with Gasteiger partial charge in [-0.2, -0.15) is 5.10 Å². The van der Waals surface area contributed by atoms with Gasteiger partial charge < -0.3 is 10.5 Å². The number of rotatable bonds is 3. The van der Waals surface area contributed by atoms with Gasteiger partial charge in [0.25, 0.3) is 0 Å². The summed E-state index contributed by atoms with van der Waals surface area (Å²) in [7, 11) is 3.44. The van der Waals surface area contributed by atoms with Gasteiger partial charge in [-0.3, -0.25) is 4.68 Å². The van der Waals surface area contributed by atoms with E-state index in [1.54, 1.807) is 18.0 Å². The predicted octanol–water partition coefficient (Wildman–Crippen LogP) is 3.45. The third-order valence-corrected chi connectivity index (χ3v) is 3.47.